The van der Waals surface area contributed by atoms with Crippen molar-refractivity contribution in [3.63, 3.8) is 0 Å². The highest BCUT2D eigenvalue weighted by Gasteiger charge is 2.27. The van der Waals surface area contributed by atoms with E-state index in [0.717, 1.165) is 6.07 Å². The highest BCUT2D eigenvalue weighted by molar-refractivity contribution is 7.86. The second-order valence-electron chi connectivity index (χ2n) is 4.24. The lowest BCUT2D eigenvalue weighted by atomic mass is 10.1. The molecule has 24 heavy (non-hydrogen) atoms. The molecule has 0 fully saturated rings. The summed E-state index contributed by atoms with van der Waals surface area (Å²) in [6, 6.07) is 5.33. The average molecular weight is 400 g/mol. The van der Waals surface area contributed by atoms with Gasteiger partial charge in [0.15, 0.2) is 11.5 Å². The second-order valence-corrected chi connectivity index (χ2v) is 7.68. The van der Waals surface area contributed by atoms with Crippen LogP contribution >= 0.6 is 0 Å². The van der Waals surface area contributed by atoms with E-state index in [2.05, 4.69) is 8.37 Å². The van der Waals surface area contributed by atoms with Gasteiger partial charge < -0.3 is 8.37 Å². The monoisotopic (exact) mass is 400 g/mol. The Hall–Kier alpha value is -1.97. The smallest absolute Gasteiger partial charge is 0.361 e. The average Bonchev–Trinajstić information content (AvgIpc) is 2.37. The molecule has 0 spiro atoms. The molecule has 0 unspecified atom stereocenters. The molecule has 0 saturated carbocycles. The van der Waals surface area contributed by atoms with Crippen molar-refractivity contribution in [2.24, 2.45) is 0 Å². The van der Waals surface area contributed by atoms with Crippen molar-refractivity contribution < 1.29 is 47.3 Å². The van der Waals surface area contributed by atoms with Crippen LogP contribution in [0.4, 0.5) is 0 Å². The van der Waals surface area contributed by atoms with Crippen LogP contribution in [0.15, 0.2) is 35.2 Å². The maximum Gasteiger partial charge on any atom is 0.446 e. The van der Waals surface area contributed by atoms with Crippen LogP contribution in [-0.4, -0.2) is 38.9 Å². The minimum Gasteiger partial charge on any atom is -0.361 e. The Morgan fingerprint density at radius 2 is 1.25 bits per heavy atom. The van der Waals surface area contributed by atoms with E-state index in [-0.39, 0.29) is 10.8 Å². The highest BCUT2D eigenvalue weighted by atomic mass is 32.3. The summed E-state index contributed by atoms with van der Waals surface area (Å²) < 4.78 is 102. The predicted octanol–water partition coefficient (Wildman–Crippen LogP) is 0.450. The minimum absolute atomic E-state index is 0.193. The molecule has 2 aromatic carbocycles. The molecular weight excluding hydrogens is 392 g/mol. The van der Waals surface area contributed by atoms with Gasteiger partial charge in [-0.2, -0.15) is 25.3 Å². The van der Waals surface area contributed by atoms with Gasteiger partial charge in [-0.15, -0.1) is 0 Å². The molecule has 3 N–H and O–H groups in total. The molecule has 0 amide bonds. The first-order valence-corrected chi connectivity index (χ1v) is 9.82. The Kier molecular flexibility index (Phi) is 4.47. The van der Waals surface area contributed by atoms with E-state index in [0.29, 0.717) is 6.07 Å². The van der Waals surface area contributed by atoms with Gasteiger partial charge in [0.05, 0.1) is 0 Å². The third-order valence-corrected chi connectivity index (χ3v) is 4.21. The molecule has 132 valence electrons. The van der Waals surface area contributed by atoms with Gasteiger partial charge in [-0.3, -0.25) is 13.7 Å². The van der Waals surface area contributed by atoms with Crippen molar-refractivity contribution in [2.45, 2.75) is 4.90 Å². The van der Waals surface area contributed by atoms with Crippen molar-refractivity contribution in [3.8, 4) is 11.5 Å². The molecule has 11 nitrogen and oxygen atoms in total. The quantitative estimate of drug-likeness (QED) is 0.592. The molecule has 0 atom stereocenters. The fourth-order valence-electron chi connectivity index (χ4n) is 1.86. The molecule has 0 saturated heterocycles. The molecule has 2 aromatic rings. The van der Waals surface area contributed by atoms with Gasteiger partial charge in [0.2, 0.25) is 0 Å². The van der Waals surface area contributed by atoms with E-state index in [1.165, 1.54) is 18.2 Å². The number of fused-ring (bicyclic) bond motifs is 1. The van der Waals surface area contributed by atoms with E-state index in [9.17, 15) is 29.8 Å². The topological polar surface area (TPSA) is 182 Å². The zero-order valence-electron chi connectivity index (χ0n) is 11.2. The zero-order valence-corrected chi connectivity index (χ0v) is 13.7. The summed E-state index contributed by atoms with van der Waals surface area (Å²) in [6.45, 7) is 0. The number of hydrogen-bond acceptors (Lipinski definition) is 8. The van der Waals surface area contributed by atoms with Gasteiger partial charge in [-0.1, -0.05) is 24.3 Å². The Morgan fingerprint density at radius 1 is 0.750 bits per heavy atom. The molecular formula is C10H8O11S3. The van der Waals surface area contributed by atoms with Crippen molar-refractivity contribution in [2.75, 3.05) is 0 Å². The first-order chi connectivity index (χ1) is 10.8. The number of hydrogen-bond donors (Lipinski definition) is 3. The third kappa shape index (κ3) is 4.31. The summed E-state index contributed by atoms with van der Waals surface area (Å²) in [4.78, 5) is -1.21. The predicted molar refractivity (Wildman–Crippen MR) is 78.1 cm³/mol. The van der Waals surface area contributed by atoms with Gasteiger partial charge in [0.25, 0.3) is 10.1 Å². The first kappa shape index (κ1) is 18.4. The lowest BCUT2D eigenvalue weighted by molar-refractivity contribution is 0.378. The lowest BCUT2D eigenvalue weighted by Crippen LogP contribution is -2.12. The number of benzene rings is 2. The van der Waals surface area contributed by atoms with Crippen LogP contribution in [0.25, 0.3) is 10.8 Å². The molecule has 0 heterocycles. The lowest BCUT2D eigenvalue weighted by Gasteiger charge is -2.13. The molecule has 0 bridgehead atoms. The molecule has 0 aliphatic carbocycles. The molecule has 0 radical (unpaired) electrons. The second kappa shape index (κ2) is 5.83. The summed E-state index contributed by atoms with van der Waals surface area (Å²) in [5.74, 6) is -1.72. The Bertz CT molecular complexity index is 1110. The van der Waals surface area contributed by atoms with Crippen LogP contribution in [0.2, 0.25) is 0 Å². The molecule has 2 rings (SSSR count). The Balaban J connectivity index is 2.97. The summed E-state index contributed by atoms with van der Waals surface area (Å²) >= 11 is 0. The van der Waals surface area contributed by atoms with Gasteiger partial charge in [-0.25, -0.2) is 0 Å². The normalized spacial score (nSPS) is 13.0. The standard InChI is InChI=1S/C10H8O11S3/c11-22(12,13)9-5-8(20-23(14,15)16)6-3-1-2-4-7(6)10(9)21-24(17,18)19/h1-5H,(H,11,12,13)(H,14,15,16)(H,17,18,19). The molecule has 0 aliphatic rings. The van der Waals surface area contributed by atoms with Gasteiger partial charge in [0, 0.05) is 16.8 Å². The summed E-state index contributed by atoms with van der Waals surface area (Å²) in [5.41, 5.74) is 0. The van der Waals surface area contributed by atoms with Crippen LogP contribution in [0.1, 0.15) is 0 Å². The first-order valence-electron chi connectivity index (χ1n) is 5.65. The molecule has 14 heteroatoms. The fourth-order valence-corrected chi connectivity index (χ4v) is 3.31. The van der Waals surface area contributed by atoms with Crippen molar-refractivity contribution in [3.05, 3.63) is 30.3 Å². The van der Waals surface area contributed by atoms with E-state index < -0.39 is 47.3 Å². The van der Waals surface area contributed by atoms with Crippen LogP contribution in [0.3, 0.4) is 0 Å². The Labute approximate surface area is 136 Å². The van der Waals surface area contributed by atoms with Crippen LogP contribution in [-0.2, 0) is 30.9 Å². The summed E-state index contributed by atoms with van der Waals surface area (Å²) in [5, 5.41) is -0.537. The van der Waals surface area contributed by atoms with Crippen molar-refractivity contribution in [1.82, 2.24) is 0 Å². The van der Waals surface area contributed by atoms with Crippen LogP contribution < -0.4 is 8.37 Å². The van der Waals surface area contributed by atoms with Gasteiger partial charge in [0.1, 0.15) is 4.90 Å². The molecule has 0 aromatic heterocycles. The Morgan fingerprint density at radius 3 is 1.71 bits per heavy atom. The van der Waals surface area contributed by atoms with E-state index in [4.69, 9.17) is 9.11 Å². The SMILES string of the molecule is O=S(=O)(O)Oc1cc(S(=O)(=O)O)c(OS(=O)(=O)O)c2ccccc12. The molecule has 0 aliphatic heterocycles. The number of rotatable bonds is 5. The zero-order chi connectivity index (χ0) is 18.3. The van der Waals surface area contributed by atoms with Gasteiger partial charge in [-0.05, 0) is 0 Å². The van der Waals surface area contributed by atoms with Crippen LogP contribution in [0.5, 0.6) is 11.5 Å². The minimum atomic E-state index is -5.18. The summed E-state index contributed by atoms with van der Waals surface area (Å²) in [7, 11) is -15.4. The van der Waals surface area contributed by atoms with Crippen molar-refractivity contribution in [1.29, 1.82) is 0 Å². The third-order valence-electron chi connectivity index (χ3n) is 2.58. The van der Waals surface area contributed by atoms with E-state index in [1.807, 2.05) is 0 Å². The maximum absolute atomic E-state index is 11.4. The highest BCUT2D eigenvalue weighted by Crippen LogP contribution is 2.40. The van der Waals surface area contributed by atoms with Gasteiger partial charge >= 0.3 is 20.8 Å². The van der Waals surface area contributed by atoms with E-state index >= 15 is 0 Å². The van der Waals surface area contributed by atoms with E-state index in [1.54, 1.807) is 0 Å². The maximum atomic E-state index is 11.4. The summed E-state index contributed by atoms with van der Waals surface area (Å²) in [6.07, 6.45) is 0. The van der Waals surface area contributed by atoms with Crippen molar-refractivity contribution >= 4 is 41.7 Å². The largest absolute Gasteiger partial charge is 0.446 e. The van der Waals surface area contributed by atoms with Crippen LogP contribution in [0, 0.1) is 0 Å². The fraction of sp³-hybridized carbons (Fsp3) is 0.